The number of rotatable bonds is 4. The molecule has 1 aromatic rings. The number of benzene rings is 1. The molecule has 82 valence electrons. The van der Waals surface area contributed by atoms with Crippen molar-refractivity contribution in [3.63, 3.8) is 0 Å². The third kappa shape index (κ3) is 3.27. The van der Waals surface area contributed by atoms with Crippen LogP contribution in [0.2, 0.25) is 0 Å². The monoisotopic (exact) mass is 210 g/mol. The number of ether oxygens (including phenoxy) is 2. The summed E-state index contributed by atoms with van der Waals surface area (Å²) in [7, 11) is 2.89. The number of aliphatic hydroxyl groups is 1. The van der Waals surface area contributed by atoms with E-state index in [1.807, 2.05) is 0 Å². The first-order valence-electron chi connectivity index (χ1n) is 4.43. The molecule has 1 unspecified atom stereocenters. The zero-order valence-corrected chi connectivity index (χ0v) is 8.68. The van der Waals surface area contributed by atoms with Gasteiger partial charge in [0.25, 0.3) is 0 Å². The molecule has 0 spiro atoms. The fourth-order valence-electron chi connectivity index (χ4n) is 1.07. The summed E-state index contributed by atoms with van der Waals surface area (Å²) in [5.41, 5.74) is 0.806. The first-order chi connectivity index (χ1) is 7.17. The SMILES string of the molecule is COc1cc(C=CC(O)OC)ccc1O. The van der Waals surface area contributed by atoms with Crippen LogP contribution < -0.4 is 4.74 Å². The standard InChI is InChI=1S/C11H14O4/c1-14-10-7-8(3-5-9(10)12)4-6-11(13)15-2/h3-7,11-13H,1-2H3. The van der Waals surface area contributed by atoms with Gasteiger partial charge >= 0.3 is 0 Å². The predicted octanol–water partition coefficient (Wildman–Crippen LogP) is 1.38. The van der Waals surface area contributed by atoms with E-state index in [1.54, 1.807) is 18.2 Å². The summed E-state index contributed by atoms with van der Waals surface area (Å²) < 4.78 is 9.58. The van der Waals surface area contributed by atoms with E-state index in [-0.39, 0.29) is 5.75 Å². The summed E-state index contributed by atoms with van der Waals surface area (Å²) in [5, 5.41) is 18.4. The topological polar surface area (TPSA) is 58.9 Å². The quantitative estimate of drug-likeness (QED) is 0.737. The normalized spacial score (nSPS) is 13.0. The maximum Gasteiger partial charge on any atom is 0.174 e. The van der Waals surface area contributed by atoms with E-state index in [0.29, 0.717) is 5.75 Å². The summed E-state index contributed by atoms with van der Waals surface area (Å²) in [6.45, 7) is 0. The molecule has 1 atom stereocenters. The molecule has 0 bridgehead atoms. The van der Waals surface area contributed by atoms with Crippen LogP contribution >= 0.6 is 0 Å². The molecule has 1 aromatic carbocycles. The average Bonchev–Trinajstić information content (AvgIpc) is 2.27. The Morgan fingerprint density at radius 3 is 2.67 bits per heavy atom. The van der Waals surface area contributed by atoms with Crippen molar-refractivity contribution in [1.82, 2.24) is 0 Å². The van der Waals surface area contributed by atoms with Gasteiger partial charge in [0.05, 0.1) is 7.11 Å². The number of methoxy groups -OCH3 is 2. The average molecular weight is 210 g/mol. The van der Waals surface area contributed by atoms with Crippen LogP contribution in [-0.4, -0.2) is 30.7 Å². The molecule has 0 saturated carbocycles. The summed E-state index contributed by atoms with van der Waals surface area (Å²) >= 11 is 0. The largest absolute Gasteiger partial charge is 0.504 e. The van der Waals surface area contributed by atoms with Gasteiger partial charge < -0.3 is 19.7 Å². The van der Waals surface area contributed by atoms with Gasteiger partial charge in [-0.1, -0.05) is 12.1 Å². The summed E-state index contributed by atoms with van der Waals surface area (Å²) in [6, 6.07) is 4.89. The van der Waals surface area contributed by atoms with E-state index in [1.165, 1.54) is 26.4 Å². The van der Waals surface area contributed by atoms with Gasteiger partial charge in [0.2, 0.25) is 0 Å². The molecule has 1 rings (SSSR count). The summed E-state index contributed by atoms with van der Waals surface area (Å²) in [5.74, 6) is 0.478. The van der Waals surface area contributed by atoms with Gasteiger partial charge in [-0.05, 0) is 23.8 Å². The van der Waals surface area contributed by atoms with Crippen LogP contribution in [0.1, 0.15) is 5.56 Å². The minimum atomic E-state index is -0.926. The molecular weight excluding hydrogens is 196 g/mol. The fourth-order valence-corrected chi connectivity index (χ4v) is 1.07. The third-order valence-corrected chi connectivity index (χ3v) is 1.90. The predicted molar refractivity (Wildman–Crippen MR) is 56.7 cm³/mol. The Kier molecular flexibility index (Phi) is 4.15. The first kappa shape index (κ1) is 11.6. The molecule has 0 aliphatic heterocycles. The van der Waals surface area contributed by atoms with Crippen LogP contribution in [0.5, 0.6) is 11.5 Å². The van der Waals surface area contributed by atoms with Gasteiger partial charge in [-0.2, -0.15) is 0 Å². The zero-order valence-electron chi connectivity index (χ0n) is 8.68. The lowest BCUT2D eigenvalue weighted by molar-refractivity contribution is -0.0350. The lowest BCUT2D eigenvalue weighted by Gasteiger charge is -2.04. The van der Waals surface area contributed by atoms with E-state index >= 15 is 0 Å². The number of phenols is 1. The highest BCUT2D eigenvalue weighted by Gasteiger charge is 2.00. The highest BCUT2D eigenvalue weighted by Crippen LogP contribution is 2.26. The Bertz CT molecular complexity index is 346. The number of hydrogen-bond donors (Lipinski definition) is 2. The molecule has 0 heterocycles. The van der Waals surface area contributed by atoms with Crippen molar-refractivity contribution in [3.05, 3.63) is 29.8 Å². The van der Waals surface area contributed by atoms with Crippen molar-refractivity contribution in [3.8, 4) is 11.5 Å². The highest BCUT2D eigenvalue weighted by molar-refractivity contribution is 5.55. The number of phenolic OH excluding ortho intramolecular Hbond substituents is 1. The van der Waals surface area contributed by atoms with Crippen LogP contribution in [0.15, 0.2) is 24.3 Å². The Morgan fingerprint density at radius 1 is 1.33 bits per heavy atom. The molecule has 0 aliphatic carbocycles. The Hall–Kier alpha value is -1.52. The molecule has 0 saturated heterocycles. The van der Waals surface area contributed by atoms with Crippen molar-refractivity contribution >= 4 is 6.08 Å². The van der Waals surface area contributed by atoms with E-state index in [9.17, 15) is 5.11 Å². The molecule has 0 amide bonds. The Balaban J connectivity index is 2.82. The first-order valence-corrected chi connectivity index (χ1v) is 4.43. The number of aliphatic hydroxyl groups excluding tert-OH is 1. The minimum absolute atomic E-state index is 0.0851. The van der Waals surface area contributed by atoms with E-state index < -0.39 is 6.29 Å². The second-order valence-electron chi connectivity index (χ2n) is 2.92. The maximum absolute atomic E-state index is 9.34. The summed E-state index contributed by atoms with van der Waals surface area (Å²) in [6.07, 6.45) is 2.24. The minimum Gasteiger partial charge on any atom is -0.504 e. The van der Waals surface area contributed by atoms with Crippen molar-refractivity contribution in [2.75, 3.05) is 14.2 Å². The molecule has 0 aromatic heterocycles. The van der Waals surface area contributed by atoms with Gasteiger partial charge in [0.15, 0.2) is 17.8 Å². The Morgan fingerprint density at radius 2 is 2.07 bits per heavy atom. The van der Waals surface area contributed by atoms with Crippen LogP contribution in [0.3, 0.4) is 0 Å². The third-order valence-electron chi connectivity index (χ3n) is 1.90. The molecule has 4 heteroatoms. The van der Waals surface area contributed by atoms with E-state index in [0.717, 1.165) is 5.56 Å². The highest BCUT2D eigenvalue weighted by atomic mass is 16.6. The van der Waals surface area contributed by atoms with Crippen molar-refractivity contribution < 1.29 is 19.7 Å². The molecule has 2 N–H and O–H groups in total. The number of aromatic hydroxyl groups is 1. The second-order valence-corrected chi connectivity index (χ2v) is 2.92. The van der Waals surface area contributed by atoms with Crippen molar-refractivity contribution in [1.29, 1.82) is 0 Å². The van der Waals surface area contributed by atoms with E-state index in [4.69, 9.17) is 9.84 Å². The zero-order chi connectivity index (χ0) is 11.3. The van der Waals surface area contributed by atoms with Gasteiger partial charge in [0, 0.05) is 7.11 Å². The Labute approximate surface area is 88.4 Å². The van der Waals surface area contributed by atoms with Gasteiger partial charge in [-0.3, -0.25) is 0 Å². The van der Waals surface area contributed by atoms with Crippen molar-refractivity contribution in [2.45, 2.75) is 6.29 Å². The molecule has 0 fully saturated rings. The fraction of sp³-hybridized carbons (Fsp3) is 0.273. The van der Waals surface area contributed by atoms with Crippen LogP contribution in [0.25, 0.3) is 6.08 Å². The molecule has 0 radical (unpaired) electrons. The smallest absolute Gasteiger partial charge is 0.174 e. The van der Waals surface area contributed by atoms with Crippen LogP contribution in [-0.2, 0) is 4.74 Å². The molecule has 0 aliphatic rings. The second kappa shape index (κ2) is 5.38. The lowest BCUT2D eigenvalue weighted by atomic mass is 10.2. The van der Waals surface area contributed by atoms with E-state index in [2.05, 4.69) is 4.74 Å². The van der Waals surface area contributed by atoms with Gasteiger partial charge in [-0.25, -0.2) is 0 Å². The van der Waals surface area contributed by atoms with Crippen LogP contribution in [0.4, 0.5) is 0 Å². The molecule has 4 nitrogen and oxygen atoms in total. The van der Waals surface area contributed by atoms with Gasteiger partial charge in [0.1, 0.15) is 0 Å². The lowest BCUT2D eigenvalue weighted by Crippen LogP contribution is -2.03. The molecule has 15 heavy (non-hydrogen) atoms. The van der Waals surface area contributed by atoms with Crippen molar-refractivity contribution in [2.24, 2.45) is 0 Å². The summed E-state index contributed by atoms with van der Waals surface area (Å²) in [4.78, 5) is 0. The maximum atomic E-state index is 9.34. The number of hydrogen-bond acceptors (Lipinski definition) is 4. The van der Waals surface area contributed by atoms with Crippen LogP contribution in [0, 0.1) is 0 Å². The van der Waals surface area contributed by atoms with Gasteiger partial charge in [-0.15, -0.1) is 0 Å². The molecular formula is C11H14O4.